The van der Waals surface area contributed by atoms with Crippen LogP contribution in [0, 0.1) is 0 Å². The number of benzene rings is 11. The van der Waals surface area contributed by atoms with Crippen molar-refractivity contribution in [2.75, 3.05) is 4.90 Å². The fourth-order valence-corrected chi connectivity index (χ4v) is 13.7. The molecule has 0 radical (unpaired) electrons. The van der Waals surface area contributed by atoms with Gasteiger partial charge in [-0.2, -0.15) is 0 Å². The van der Waals surface area contributed by atoms with Crippen molar-refractivity contribution in [1.82, 2.24) is 4.57 Å². The van der Waals surface area contributed by atoms with Crippen LogP contribution in [-0.2, 0) is 10.8 Å². The Morgan fingerprint density at radius 3 is 1.68 bits per heavy atom. The Labute approximate surface area is 423 Å². The standard InChI is InChI=1S/C70H46N2O/c1-69(2)56-26-11-6-22-49(56)53-41-55-54-40-44(36-39-62(54)71(65(55)42-61(53)69)45-18-4-3-5-19-45)43-34-37-46(38-35-43)72(64-32-16-25-51-50-23-10-15-33-66(50)73-68(51)64)63-31-17-30-60-67(63)52-24-9-14-29-59(52)70(60)57-27-12-7-20-47(57)48-21-8-13-28-58(48)70/h3-42H,1-2H3. The van der Waals surface area contributed by atoms with Gasteiger partial charge in [0, 0.05) is 43.9 Å². The number of hydrogen-bond acceptors (Lipinski definition) is 2. The molecule has 0 fully saturated rings. The Morgan fingerprint density at radius 2 is 0.932 bits per heavy atom. The summed E-state index contributed by atoms with van der Waals surface area (Å²) in [6, 6.07) is 90.1. The van der Waals surface area contributed by atoms with Crippen LogP contribution < -0.4 is 4.90 Å². The maximum Gasteiger partial charge on any atom is 0.159 e. The van der Waals surface area contributed by atoms with E-state index >= 15 is 0 Å². The van der Waals surface area contributed by atoms with Gasteiger partial charge in [-0.05, 0) is 139 Å². The molecule has 73 heavy (non-hydrogen) atoms. The minimum absolute atomic E-state index is 0.104. The number of aromatic nitrogens is 1. The van der Waals surface area contributed by atoms with E-state index in [2.05, 4.69) is 266 Å². The Hall–Kier alpha value is -9.18. The molecule has 1 spiro atoms. The number of fused-ring (bicyclic) bond motifs is 19. The van der Waals surface area contributed by atoms with Gasteiger partial charge in [-0.3, -0.25) is 0 Å². The van der Waals surface area contributed by atoms with E-state index in [-0.39, 0.29) is 5.41 Å². The van der Waals surface area contributed by atoms with E-state index in [4.69, 9.17) is 4.42 Å². The van der Waals surface area contributed by atoms with Gasteiger partial charge < -0.3 is 13.9 Å². The molecule has 11 aromatic carbocycles. The van der Waals surface area contributed by atoms with Gasteiger partial charge >= 0.3 is 0 Å². The monoisotopic (exact) mass is 930 g/mol. The molecule has 0 N–H and O–H groups in total. The van der Waals surface area contributed by atoms with E-state index in [1.807, 2.05) is 0 Å². The largest absolute Gasteiger partial charge is 0.454 e. The summed E-state index contributed by atoms with van der Waals surface area (Å²) in [6.07, 6.45) is 0. The lowest BCUT2D eigenvalue weighted by Gasteiger charge is -2.31. The first-order chi connectivity index (χ1) is 36.0. The van der Waals surface area contributed by atoms with Crippen LogP contribution in [0.3, 0.4) is 0 Å². The molecule has 0 aliphatic heterocycles. The summed E-state index contributed by atoms with van der Waals surface area (Å²) < 4.78 is 9.36. The first-order valence-corrected chi connectivity index (χ1v) is 25.5. The van der Waals surface area contributed by atoms with Crippen LogP contribution in [0.15, 0.2) is 247 Å². The maximum absolute atomic E-state index is 6.90. The van der Waals surface area contributed by atoms with Crippen LogP contribution in [0.5, 0.6) is 0 Å². The minimum Gasteiger partial charge on any atom is -0.454 e. The molecule has 0 atom stereocenters. The van der Waals surface area contributed by atoms with Crippen molar-refractivity contribution in [3.63, 3.8) is 0 Å². The van der Waals surface area contributed by atoms with Crippen molar-refractivity contribution < 1.29 is 4.42 Å². The zero-order valence-corrected chi connectivity index (χ0v) is 40.4. The molecule has 2 heterocycles. The van der Waals surface area contributed by atoms with E-state index in [1.165, 1.54) is 94.1 Å². The quantitative estimate of drug-likeness (QED) is 0.171. The molecule has 3 aliphatic carbocycles. The SMILES string of the molecule is CC1(C)c2ccccc2-c2cc3c4cc(-c5ccc(N(c6cccc7c6-c6ccccc6C76c7ccccc7-c7ccccc76)c6cccc7c6oc6ccccc67)cc5)ccc4n(-c4ccccc4)c3cc21. The topological polar surface area (TPSA) is 21.3 Å². The zero-order chi connectivity index (χ0) is 48.2. The molecular weight excluding hydrogens is 885 g/mol. The Balaban J connectivity index is 0.904. The summed E-state index contributed by atoms with van der Waals surface area (Å²) in [7, 11) is 0. The highest BCUT2D eigenvalue weighted by Gasteiger charge is 2.52. The lowest BCUT2D eigenvalue weighted by atomic mass is 9.70. The number of rotatable bonds is 5. The van der Waals surface area contributed by atoms with Gasteiger partial charge in [0.15, 0.2) is 5.58 Å². The van der Waals surface area contributed by atoms with Crippen molar-refractivity contribution in [3.8, 4) is 50.2 Å². The molecule has 342 valence electrons. The third-order valence-electron chi connectivity index (χ3n) is 16.8. The molecule has 2 aromatic heterocycles. The fraction of sp³-hybridized carbons (Fsp3) is 0.0571. The Bertz CT molecular complexity index is 4430. The summed E-state index contributed by atoms with van der Waals surface area (Å²) in [5.41, 5.74) is 26.0. The molecule has 13 aromatic rings. The fourth-order valence-electron chi connectivity index (χ4n) is 13.7. The highest BCUT2D eigenvalue weighted by atomic mass is 16.3. The third-order valence-corrected chi connectivity index (χ3v) is 16.8. The van der Waals surface area contributed by atoms with Crippen molar-refractivity contribution in [3.05, 3.63) is 276 Å². The Morgan fingerprint density at radius 1 is 0.370 bits per heavy atom. The highest BCUT2D eigenvalue weighted by Crippen LogP contribution is 2.65. The zero-order valence-electron chi connectivity index (χ0n) is 40.4. The van der Waals surface area contributed by atoms with E-state index in [9.17, 15) is 0 Å². The number of furan rings is 1. The molecule has 0 saturated carbocycles. The summed E-state index contributed by atoms with van der Waals surface area (Å²) in [4.78, 5) is 2.45. The van der Waals surface area contributed by atoms with Gasteiger partial charge in [-0.15, -0.1) is 0 Å². The lowest BCUT2D eigenvalue weighted by Crippen LogP contribution is -2.26. The van der Waals surface area contributed by atoms with Gasteiger partial charge in [0.1, 0.15) is 5.58 Å². The van der Waals surface area contributed by atoms with Gasteiger partial charge in [0.05, 0.1) is 27.8 Å². The van der Waals surface area contributed by atoms with Gasteiger partial charge in [-0.1, -0.05) is 190 Å². The van der Waals surface area contributed by atoms with Crippen molar-refractivity contribution in [2.24, 2.45) is 0 Å². The smallest absolute Gasteiger partial charge is 0.159 e. The van der Waals surface area contributed by atoms with Crippen molar-refractivity contribution in [2.45, 2.75) is 24.7 Å². The second-order valence-corrected chi connectivity index (χ2v) is 20.7. The Kier molecular flexibility index (Phi) is 8.16. The predicted molar refractivity (Wildman–Crippen MR) is 302 cm³/mol. The van der Waals surface area contributed by atoms with E-state index in [0.29, 0.717) is 0 Å². The molecule has 3 nitrogen and oxygen atoms in total. The van der Waals surface area contributed by atoms with Crippen LogP contribution in [0.1, 0.15) is 47.2 Å². The molecular formula is C70H46N2O. The van der Waals surface area contributed by atoms with Crippen LogP contribution in [0.2, 0.25) is 0 Å². The van der Waals surface area contributed by atoms with Crippen LogP contribution in [0.25, 0.3) is 93.9 Å². The molecule has 0 amide bonds. The molecule has 16 rings (SSSR count). The molecule has 0 saturated heterocycles. The molecule has 3 aliphatic rings. The van der Waals surface area contributed by atoms with Crippen LogP contribution in [-0.4, -0.2) is 4.57 Å². The summed E-state index contributed by atoms with van der Waals surface area (Å²) >= 11 is 0. The summed E-state index contributed by atoms with van der Waals surface area (Å²) in [5, 5.41) is 4.71. The van der Waals surface area contributed by atoms with Crippen molar-refractivity contribution in [1.29, 1.82) is 0 Å². The molecule has 0 unspecified atom stereocenters. The first kappa shape index (κ1) is 40.5. The second-order valence-electron chi connectivity index (χ2n) is 20.7. The van der Waals surface area contributed by atoms with Gasteiger partial charge in [0.25, 0.3) is 0 Å². The lowest BCUT2D eigenvalue weighted by molar-refractivity contribution is 0.661. The van der Waals surface area contributed by atoms with Gasteiger partial charge in [0.2, 0.25) is 0 Å². The average Bonchev–Trinajstić information content (AvgIpc) is 4.21. The minimum atomic E-state index is -0.474. The summed E-state index contributed by atoms with van der Waals surface area (Å²) in [6.45, 7) is 4.74. The number of hydrogen-bond donors (Lipinski definition) is 0. The first-order valence-electron chi connectivity index (χ1n) is 25.5. The third kappa shape index (κ3) is 5.33. The normalized spacial score (nSPS) is 14.1. The van der Waals surface area contributed by atoms with E-state index in [1.54, 1.807) is 0 Å². The predicted octanol–water partition coefficient (Wildman–Crippen LogP) is 18.5. The van der Waals surface area contributed by atoms with E-state index < -0.39 is 5.41 Å². The van der Waals surface area contributed by atoms with Crippen LogP contribution >= 0.6 is 0 Å². The van der Waals surface area contributed by atoms with E-state index in [0.717, 1.165) is 50.3 Å². The van der Waals surface area contributed by atoms with Crippen LogP contribution in [0.4, 0.5) is 17.1 Å². The maximum atomic E-state index is 6.90. The highest BCUT2D eigenvalue weighted by molar-refractivity contribution is 6.14. The second kappa shape index (κ2) is 14.7. The molecule has 0 bridgehead atoms. The average molecular weight is 931 g/mol. The summed E-state index contributed by atoms with van der Waals surface area (Å²) in [5.74, 6) is 0. The number of anilines is 3. The van der Waals surface area contributed by atoms with Gasteiger partial charge in [-0.25, -0.2) is 0 Å². The number of para-hydroxylation sites is 3. The molecule has 3 heteroatoms. The number of nitrogens with zero attached hydrogens (tertiary/aromatic N) is 2. The van der Waals surface area contributed by atoms with Crippen molar-refractivity contribution >= 4 is 60.8 Å².